The summed E-state index contributed by atoms with van der Waals surface area (Å²) in [7, 11) is 1.56. The second kappa shape index (κ2) is 3.61. The molecule has 2 rings (SSSR count). The third-order valence-corrected chi connectivity index (χ3v) is 2.06. The van der Waals surface area contributed by atoms with Gasteiger partial charge in [-0.2, -0.15) is 0 Å². The van der Waals surface area contributed by atoms with Crippen molar-refractivity contribution in [1.29, 1.82) is 0 Å². The van der Waals surface area contributed by atoms with Gasteiger partial charge in [0.05, 0.1) is 18.8 Å². The Hall–Kier alpha value is -2.04. The first kappa shape index (κ1) is 9.51. The van der Waals surface area contributed by atoms with Gasteiger partial charge in [0.25, 0.3) is 0 Å². The molecule has 0 unspecified atom stereocenters. The number of pyridine rings is 1. The van der Waals surface area contributed by atoms with E-state index in [0.717, 1.165) is 5.52 Å². The normalized spacial score (nSPS) is 10.3. The van der Waals surface area contributed by atoms with Crippen LogP contribution in [0.2, 0.25) is 0 Å². The molecule has 0 saturated carbocycles. The van der Waals surface area contributed by atoms with Gasteiger partial charge in [0.2, 0.25) is 5.91 Å². The SMILES string of the molecule is COc1ccc2cncn2c1NC(C)=O. The monoisotopic (exact) mass is 205 g/mol. The summed E-state index contributed by atoms with van der Waals surface area (Å²) in [5, 5.41) is 2.71. The number of anilines is 1. The number of fused-ring (bicyclic) bond motifs is 1. The quantitative estimate of drug-likeness (QED) is 0.804. The molecule has 0 fully saturated rings. The van der Waals surface area contributed by atoms with E-state index in [1.54, 1.807) is 30.1 Å². The van der Waals surface area contributed by atoms with Crippen molar-refractivity contribution >= 4 is 17.2 Å². The van der Waals surface area contributed by atoms with Crippen molar-refractivity contribution < 1.29 is 9.53 Å². The Morgan fingerprint density at radius 2 is 2.33 bits per heavy atom. The predicted octanol–water partition coefficient (Wildman–Crippen LogP) is 1.30. The van der Waals surface area contributed by atoms with E-state index in [1.165, 1.54) is 6.92 Å². The number of carbonyl (C=O) groups excluding carboxylic acids is 1. The zero-order valence-corrected chi connectivity index (χ0v) is 8.52. The number of ether oxygens (including phenoxy) is 1. The number of imidazole rings is 1. The van der Waals surface area contributed by atoms with Crippen LogP contribution >= 0.6 is 0 Å². The van der Waals surface area contributed by atoms with E-state index in [4.69, 9.17) is 4.74 Å². The largest absolute Gasteiger partial charge is 0.493 e. The molecule has 2 aromatic rings. The van der Waals surface area contributed by atoms with E-state index in [2.05, 4.69) is 10.3 Å². The van der Waals surface area contributed by atoms with E-state index in [1.807, 2.05) is 6.07 Å². The molecule has 0 radical (unpaired) electrons. The minimum Gasteiger partial charge on any atom is -0.493 e. The fourth-order valence-electron chi connectivity index (χ4n) is 1.43. The van der Waals surface area contributed by atoms with Crippen LogP contribution in [0.25, 0.3) is 5.52 Å². The topological polar surface area (TPSA) is 55.6 Å². The summed E-state index contributed by atoms with van der Waals surface area (Å²) in [6.07, 6.45) is 3.34. The molecule has 0 spiro atoms. The van der Waals surface area contributed by atoms with Crippen molar-refractivity contribution in [2.24, 2.45) is 0 Å². The molecule has 0 saturated heterocycles. The average Bonchev–Trinajstić information content (AvgIpc) is 2.65. The van der Waals surface area contributed by atoms with Gasteiger partial charge < -0.3 is 10.1 Å². The molecule has 15 heavy (non-hydrogen) atoms. The van der Waals surface area contributed by atoms with Gasteiger partial charge >= 0.3 is 0 Å². The molecule has 1 amide bonds. The van der Waals surface area contributed by atoms with Crippen LogP contribution in [0.15, 0.2) is 24.7 Å². The van der Waals surface area contributed by atoms with Crippen molar-refractivity contribution in [3.8, 4) is 5.75 Å². The fraction of sp³-hybridized carbons (Fsp3) is 0.200. The van der Waals surface area contributed by atoms with Gasteiger partial charge in [-0.05, 0) is 12.1 Å². The van der Waals surface area contributed by atoms with Gasteiger partial charge in [-0.1, -0.05) is 0 Å². The third kappa shape index (κ3) is 1.63. The van der Waals surface area contributed by atoms with Crippen molar-refractivity contribution in [1.82, 2.24) is 9.38 Å². The van der Waals surface area contributed by atoms with E-state index < -0.39 is 0 Å². The predicted molar refractivity (Wildman–Crippen MR) is 56.0 cm³/mol. The number of carbonyl (C=O) groups is 1. The Bertz CT molecular complexity index is 504. The summed E-state index contributed by atoms with van der Waals surface area (Å²) >= 11 is 0. The van der Waals surface area contributed by atoms with E-state index in [9.17, 15) is 4.79 Å². The first-order chi connectivity index (χ1) is 7.22. The molecule has 0 bridgehead atoms. The van der Waals surface area contributed by atoms with Crippen molar-refractivity contribution in [3.05, 3.63) is 24.7 Å². The van der Waals surface area contributed by atoms with Gasteiger partial charge in [-0.25, -0.2) is 4.98 Å². The maximum atomic E-state index is 11.0. The molecule has 78 valence electrons. The molecule has 2 aromatic heterocycles. The summed E-state index contributed by atoms with van der Waals surface area (Å²) < 4.78 is 6.92. The third-order valence-electron chi connectivity index (χ3n) is 2.06. The Morgan fingerprint density at radius 3 is 3.00 bits per heavy atom. The number of methoxy groups -OCH3 is 1. The molecular formula is C10H11N3O2. The van der Waals surface area contributed by atoms with Crippen LogP contribution in [0.4, 0.5) is 5.82 Å². The fourth-order valence-corrected chi connectivity index (χ4v) is 1.43. The lowest BCUT2D eigenvalue weighted by Gasteiger charge is -2.10. The van der Waals surface area contributed by atoms with Crippen LogP contribution in [-0.2, 0) is 4.79 Å². The Morgan fingerprint density at radius 1 is 1.53 bits per heavy atom. The van der Waals surface area contributed by atoms with Gasteiger partial charge in [-0.15, -0.1) is 0 Å². The Labute approximate surface area is 86.7 Å². The summed E-state index contributed by atoms with van der Waals surface area (Å²) in [5.74, 6) is 1.06. The smallest absolute Gasteiger partial charge is 0.222 e. The average molecular weight is 205 g/mol. The van der Waals surface area contributed by atoms with Crippen LogP contribution in [0, 0.1) is 0 Å². The lowest BCUT2D eigenvalue weighted by atomic mass is 10.3. The highest BCUT2D eigenvalue weighted by molar-refractivity contribution is 5.89. The molecule has 0 atom stereocenters. The van der Waals surface area contributed by atoms with E-state index in [0.29, 0.717) is 11.6 Å². The second-order valence-electron chi connectivity index (χ2n) is 3.12. The number of amides is 1. The molecule has 1 N–H and O–H groups in total. The number of hydrogen-bond acceptors (Lipinski definition) is 3. The number of nitrogens with zero attached hydrogens (tertiary/aromatic N) is 2. The second-order valence-corrected chi connectivity index (χ2v) is 3.12. The van der Waals surface area contributed by atoms with E-state index in [-0.39, 0.29) is 5.91 Å². The number of hydrogen-bond donors (Lipinski definition) is 1. The molecular weight excluding hydrogens is 194 g/mol. The minimum absolute atomic E-state index is 0.144. The van der Waals surface area contributed by atoms with Crippen molar-refractivity contribution in [2.45, 2.75) is 6.92 Å². The van der Waals surface area contributed by atoms with Crippen molar-refractivity contribution in [3.63, 3.8) is 0 Å². The van der Waals surface area contributed by atoms with Gasteiger partial charge in [0.15, 0.2) is 11.6 Å². The highest BCUT2D eigenvalue weighted by Crippen LogP contribution is 2.25. The van der Waals surface area contributed by atoms with Crippen LogP contribution < -0.4 is 10.1 Å². The summed E-state index contributed by atoms with van der Waals surface area (Å²) in [4.78, 5) is 15.0. The number of nitrogens with one attached hydrogen (secondary N) is 1. The van der Waals surface area contributed by atoms with Gasteiger partial charge in [-0.3, -0.25) is 9.20 Å². The molecule has 5 heteroatoms. The van der Waals surface area contributed by atoms with Crippen LogP contribution in [-0.4, -0.2) is 22.4 Å². The van der Waals surface area contributed by atoms with Crippen molar-refractivity contribution in [2.75, 3.05) is 12.4 Å². The summed E-state index contributed by atoms with van der Waals surface area (Å²) in [5.41, 5.74) is 0.902. The summed E-state index contributed by atoms with van der Waals surface area (Å²) in [6, 6.07) is 3.67. The standard InChI is InChI=1S/C10H11N3O2/c1-7(14)12-10-9(15-2)4-3-8-5-11-6-13(8)10/h3-6H,1-2H3,(H,12,14). The number of rotatable bonds is 2. The number of aromatic nitrogens is 2. The molecule has 0 aromatic carbocycles. The lowest BCUT2D eigenvalue weighted by Crippen LogP contribution is -2.10. The Balaban J connectivity index is 2.62. The minimum atomic E-state index is -0.144. The zero-order chi connectivity index (χ0) is 10.8. The zero-order valence-electron chi connectivity index (χ0n) is 8.52. The molecule has 0 aliphatic carbocycles. The van der Waals surface area contributed by atoms with Crippen LogP contribution in [0.1, 0.15) is 6.92 Å². The van der Waals surface area contributed by atoms with E-state index >= 15 is 0 Å². The van der Waals surface area contributed by atoms with Gasteiger partial charge in [0, 0.05) is 6.92 Å². The Kier molecular flexibility index (Phi) is 2.29. The molecule has 0 aliphatic rings. The maximum absolute atomic E-state index is 11.0. The highest BCUT2D eigenvalue weighted by atomic mass is 16.5. The van der Waals surface area contributed by atoms with Crippen LogP contribution in [0.3, 0.4) is 0 Å². The molecule has 5 nitrogen and oxygen atoms in total. The first-order valence-electron chi connectivity index (χ1n) is 4.49. The van der Waals surface area contributed by atoms with Crippen LogP contribution in [0.5, 0.6) is 5.75 Å². The lowest BCUT2D eigenvalue weighted by molar-refractivity contribution is -0.114. The molecule has 2 heterocycles. The molecule has 0 aliphatic heterocycles. The maximum Gasteiger partial charge on any atom is 0.222 e. The summed E-state index contributed by atoms with van der Waals surface area (Å²) in [6.45, 7) is 1.45. The highest BCUT2D eigenvalue weighted by Gasteiger charge is 2.08. The first-order valence-corrected chi connectivity index (χ1v) is 4.49. The van der Waals surface area contributed by atoms with Gasteiger partial charge in [0.1, 0.15) is 6.33 Å².